The van der Waals surface area contributed by atoms with Crippen LogP contribution in [0, 0.1) is 18.6 Å². The van der Waals surface area contributed by atoms with E-state index >= 15 is 0 Å². The second-order valence-corrected chi connectivity index (χ2v) is 5.43. The number of rotatable bonds is 1. The average molecular weight is 325 g/mol. The summed E-state index contributed by atoms with van der Waals surface area (Å²) >= 11 is 12.0. The Morgan fingerprint density at radius 1 is 0.952 bits per heavy atom. The van der Waals surface area contributed by atoms with E-state index in [1.165, 1.54) is 0 Å². The van der Waals surface area contributed by atoms with Crippen LogP contribution < -0.4 is 0 Å². The predicted octanol–water partition coefficient (Wildman–Crippen LogP) is 5.19. The highest BCUT2D eigenvalue weighted by atomic mass is 35.5. The molecule has 1 aromatic heterocycles. The molecule has 3 rings (SSSR count). The third kappa shape index (κ3) is 2.69. The van der Waals surface area contributed by atoms with E-state index in [4.69, 9.17) is 23.2 Å². The smallest absolute Gasteiger partial charge is 0.161 e. The molecule has 0 radical (unpaired) electrons. The predicted molar refractivity (Wildman–Crippen MR) is 79.6 cm³/mol. The molecular formula is C15H8Cl2F2N2. The van der Waals surface area contributed by atoms with E-state index in [2.05, 4.69) is 9.97 Å². The fourth-order valence-electron chi connectivity index (χ4n) is 2.12. The van der Waals surface area contributed by atoms with Crippen LogP contribution in [0.4, 0.5) is 8.78 Å². The van der Waals surface area contributed by atoms with Crippen LogP contribution in [0.3, 0.4) is 0 Å². The summed E-state index contributed by atoms with van der Waals surface area (Å²) in [6.07, 6.45) is 0. The van der Waals surface area contributed by atoms with Gasteiger partial charge in [0, 0.05) is 22.0 Å². The fraction of sp³-hybridized carbons (Fsp3) is 0.0667. The molecule has 0 fully saturated rings. The van der Waals surface area contributed by atoms with Crippen LogP contribution in [-0.2, 0) is 0 Å². The lowest BCUT2D eigenvalue weighted by Crippen LogP contribution is -1.95. The highest BCUT2D eigenvalue weighted by Gasteiger charge is 2.13. The Morgan fingerprint density at radius 2 is 1.71 bits per heavy atom. The number of halogens is 4. The van der Waals surface area contributed by atoms with Crippen molar-refractivity contribution in [2.75, 3.05) is 0 Å². The average Bonchev–Trinajstić information content (AvgIpc) is 2.38. The van der Waals surface area contributed by atoms with Crippen molar-refractivity contribution in [3.63, 3.8) is 0 Å². The van der Waals surface area contributed by atoms with Gasteiger partial charge in [-0.2, -0.15) is 0 Å². The summed E-state index contributed by atoms with van der Waals surface area (Å²) in [6.45, 7) is 1.87. The van der Waals surface area contributed by atoms with Gasteiger partial charge in [0.25, 0.3) is 0 Å². The normalized spacial score (nSPS) is 11.1. The van der Waals surface area contributed by atoms with Crippen LogP contribution in [-0.4, -0.2) is 9.97 Å². The first-order valence-electron chi connectivity index (χ1n) is 6.04. The van der Waals surface area contributed by atoms with Crippen molar-refractivity contribution in [2.45, 2.75) is 6.92 Å². The van der Waals surface area contributed by atoms with E-state index < -0.39 is 11.6 Å². The molecule has 3 aromatic rings. The number of benzene rings is 2. The standard InChI is InChI=1S/C15H8Cl2F2N2/c1-7-2-8(4-9(16)3-7)15-20-13-11(14(17)21-15)5-10(18)6-12(13)19/h2-6H,1H3. The van der Waals surface area contributed by atoms with Gasteiger partial charge in [-0.15, -0.1) is 0 Å². The highest BCUT2D eigenvalue weighted by Crippen LogP contribution is 2.29. The largest absolute Gasteiger partial charge is 0.225 e. The topological polar surface area (TPSA) is 25.8 Å². The van der Waals surface area contributed by atoms with Crippen molar-refractivity contribution in [3.8, 4) is 11.4 Å². The lowest BCUT2D eigenvalue weighted by Gasteiger charge is -2.07. The molecule has 106 valence electrons. The Morgan fingerprint density at radius 3 is 2.43 bits per heavy atom. The Bertz CT molecular complexity index is 846. The zero-order chi connectivity index (χ0) is 15.1. The second kappa shape index (κ2) is 5.20. The molecule has 0 aliphatic rings. The lowest BCUT2D eigenvalue weighted by molar-refractivity contribution is 0.590. The molecule has 0 amide bonds. The second-order valence-electron chi connectivity index (χ2n) is 4.64. The number of fused-ring (bicyclic) bond motifs is 1. The Kier molecular flexibility index (Phi) is 3.51. The molecule has 0 spiro atoms. The molecule has 0 saturated carbocycles. The van der Waals surface area contributed by atoms with Crippen LogP contribution >= 0.6 is 23.2 Å². The Balaban J connectivity index is 2.30. The lowest BCUT2D eigenvalue weighted by atomic mass is 10.1. The Hall–Kier alpha value is -1.78. The molecule has 21 heavy (non-hydrogen) atoms. The first kappa shape index (κ1) is 14.2. The summed E-state index contributed by atoms with van der Waals surface area (Å²) in [5.74, 6) is -1.27. The molecule has 0 unspecified atom stereocenters. The van der Waals surface area contributed by atoms with Crippen molar-refractivity contribution in [1.29, 1.82) is 0 Å². The van der Waals surface area contributed by atoms with Crippen molar-refractivity contribution < 1.29 is 8.78 Å². The Labute approximate surface area is 129 Å². The summed E-state index contributed by atoms with van der Waals surface area (Å²) in [7, 11) is 0. The number of aromatic nitrogens is 2. The van der Waals surface area contributed by atoms with Crippen LogP contribution in [0.5, 0.6) is 0 Å². The van der Waals surface area contributed by atoms with Crippen LogP contribution in [0.25, 0.3) is 22.3 Å². The maximum Gasteiger partial charge on any atom is 0.161 e. The summed E-state index contributed by atoms with van der Waals surface area (Å²) in [5, 5.41) is 0.645. The van der Waals surface area contributed by atoms with Crippen molar-refractivity contribution in [3.05, 3.63) is 57.7 Å². The molecule has 2 aromatic carbocycles. The number of aryl methyl sites for hydroxylation is 1. The number of nitrogens with zero attached hydrogens (tertiary/aromatic N) is 2. The number of hydrogen-bond acceptors (Lipinski definition) is 2. The first-order chi connectivity index (χ1) is 9.94. The molecule has 0 bridgehead atoms. The van der Waals surface area contributed by atoms with Crippen molar-refractivity contribution >= 4 is 34.1 Å². The van der Waals surface area contributed by atoms with E-state index in [0.29, 0.717) is 10.6 Å². The fourth-order valence-corrected chi connectivity index (χ4v) is 2.63. The molecule has 6 heteroatoms. The molecular weight excluding hydrogens is 317 g/mol. The van der Waals surface area contributed by atoms with Gasteiger partial charge in [0.1, 0.15) is 16.5 Å². The van der Waals surface area contributed by atoms with Gasteiger partial charge in [-0.25, -0.2) is 18.7 Å². The van der Waals surface area contributed by atoms with E-state index in [9.17, 15) is 8.78 Å². The minimum Gasteiger partial charge on any atom is -0.225 e. The monoisotopic (exact) mass is 324 g/mol. The highest BCUT2D eigenvalue weighted by molar-refractivity contribution is 6.34. The first-order valence-corrected chi connectivity index (χ1v) is 6.79. The zero-order valence-electron chi connectivity index (χ0n) is 10.8. The molecule has 0 N–H and O–H groups in total. The summed E-state index contributed by atoms with van der Waals surface area (Å²) in [5.41, 5.74) is 1.51. The van der Waals surface area contributed by atoms with Crippen LogP contribution in [0.15, 0.2) is 30.3 Å². The third-order valence-electron chi connectivity index (χ3n) is 2.97. The molecule has 0 saturated heterocycles. The van der Waals surface area contributed by atoms with E-state index in [1.807, 2.05) is 13.0 Å². The van der Waals surface area contributed by atoms with E-state index in [1.54, 1.807) is 12.1 Å². The summed E-state index contributed by atoms with van der Waals surface area (Å²) in [6, 6.07) is 7.12. The van der Waals surface area contributed by atoms with Gasteiger partial charge in [-0.1, -0.05) is 23.2 Å². The van der Waals surface area contributed by atoms with Crippen LogP contribution in [0.2, 0.25) is 10.2 Å². The third-order valence-corrected chi connectivity index (χ3v) is 3.48. The zero-order valence-corrected chi connectivity index (χ0v) is 12.3. The quantitative estimate of drug-likeness (QED) is 0.575. The van der Waals surface area contributed by atoms with Gasteiger partial charge in [0.05, 0.1) is 0 Å². The SMILES string of the molecule is Cc1cc(Cl)cc(-c2nc(Cl)c3cc(F)cc(F)c3n2)c1. The van der Waals surface area contributed by atoms with Gasteiger partial charge >= 0.3 is 0 Å². The minimum absolute atomic E-state index is 0.00831. The van der Waals surface area contributed by atoms with Crippen molar-refractivity contribution in [1.82, 2.24) is 9.97 Å². The van der Waals surface area contributed by atoms with Gasteiger partial charge in [-0.3, -0.25) is 0 Å². The molecule has 0 aliphatic heterocycles. The van der Waals surface area contributed by atoms with E-state index in [-0.39, 0.29) is 21.9 Å². The summed E-state index contributed by atoms with van der Waals surface area (Å²) < 4.78 is 27.1. The van der Waals surface area contributed by atoms with Crippen molar-refractivity contribution in [2.24, 2.45) is 0 Å². The molecule has 0 aliphatic carbocycles. The molecule has 0 atom stereocenters. The van der Waals surface area contributed by atoms with Crippen LogP contribution in [0.1, 0.15) is 5.56 Å². The summed E-state index contributed by atoms with van der Waals surface area (Å²) in [4.78, 5) is 8.23. The number of hydrogen-bond donors (Lipinski definition) is 0. The van der Waals surface area contributed by atoms with E-state index in [0.717, 1.165) is 17.7 Å². The minimum atomic E-state index is -0.783. The van der Waals surface area contributed by atoms with Gasteiger partial charge in [-0.05, 0) is 36.8 Å². The van der Waals surface area contributed by atoms with Gasteiger partial charge < -0.3 is 0 Å². The van der Waals surface area contributed by atoms with Gasteiger partial charge in [0.15, 0.2) is 11.6 Å². The molecule has 1 heterocycles. The maximum atomic E-state index is 13.9. The maximum absolute atomic E-state index is 13.9. The van der Waals surface area contributed by atoms with Gasteiger partial charge in [0.2, 0.25) is 0 Å². The molecule has 2 nitrogen and oxygen atoms in total.